The summed E-state index contributed by atoms with van der Waals surface area (Å²) in [5, 5.41) is 12.3. The van der Waals surface area contributed by atoms with Gasteiger partial charge in [-0.15, -0.1) is 0 Å². The van der Waals surface area contributed by atoms with Crippen LogP contribution in [0.25, 0.3) is 10.9 Å². The molecule has 5 rings (SSSR count). The quantitative estimate of drug-likeness (QED) is 0.806. The van der Waals surface area contributed by atoms with Crippen LogP contribution in [-0.4, -0.2) is 54.1 Å². The van der Waals surface area contributed by atoms with Crippen molar-refractivity contribution in [1.82, 2.24) is 9.47 Å². The van der Waals surface area contributed by atoms with Crippen molar-refractivity contribution >= 4 is 16.9 Å². The largest absolute Gasteiger partial charge is 0.467 e. The Labute approximate surface area is 165 Å². The molecule has 1 unspecified atom stereocenters. The molecule has 150 valence electrons. The van der Waals surface area contributed by atoms with E-state index in [0.29, 0.717) is 6.61 Å². The van der Waals surface area contributed by atoms with Crippen LogP contribution in [0.5, 0.6) is 0 Å². The van der Waals surface area contributed by atoms with Crippen molar-refractivity contribution in [3.8, 4) is 0 Å². The number of benzene rings is 1. The van der Waals surface area contributed by atoms with E-state index in [1.807, 2.05) is 12.1 Å². The average Bonchev–Trinajstić information content (AvgIpc) is 3.06. The number of hydrogen-bond donors (Lipinski definition) is 1. The van der Waals surface area contributed by atoms with Crippen LogP contribution in [0, 0.1) is 11.8 Å². The fourth-order valence-electron chi connectivity index (χ4n) is 6.08. The molecular weight excluding hydrogens is 356 g/mol. The Morgan fingerprint density at radius 1 is 1.39 bits per heavy atom. The Hall–Kier alpha value is -1.89. The zero-order valence-corrected chi connectivity index (χ0v) is 16.7. The number of nitrogens with zero attached hydrogens (tertiary/aromatic N) is 2. The molecule has 0 amide bonds. The molecular formula is C22H28N2O4. The fraction of sp³-hybridized carbons (Fsp3) is 0.591. The molecule has 0 radical (unpaired) electrons. The number of ether oxygens (including phenoxy) is 2. The first-order chi connectivity index (χ1) is 13.6. The highest BCUT2D eigenvalue weighted by Gasteiger charge is 2.64. The summed E-state index contributed by atoms with van der Waals surface area (Å²) in [6, 6.07) is 8.46. The Kier molecular flexibility index (Phi) is 4.09. The maximum Gasteiger partial charge on any atom is 0.337 e. The van der Waals surface area contributed by atoms with E-state index in [-0.39, 0.29) is 17.9 Å². The summed E-state index contributed by atoms with van der Waals surface area (Å²) in [5.74, 6) is -0.260. The molecule has 1 aromatic heterocycles. The van der Waals surface area contributed by atoms with Gasteiger partial charge in [0, 0.05) is 29.1 Å². The van der Waals surface area contributed by atoms with Crippen molar-refractivity contribution in [3.63, 3.8) is 0 Å². The van der Waals surface area contributed by atoms with Crippen molar-refractivity contribution < 1.29 is 19.4 Å². The van der Waals surface area contributed by atoms with Crippen molar-refractivity contribution in [2.24, 2.45) is 11.8 Å². The number of fused-ring (bicyclic) bond motifs is 5. The van der Waals surface area contributed by atoms with Gasteiger partial charge in [-0.2, -0.15) is 0 Å². The summed E-state index contributed by atoms with van der Waals surface area (Å²) in [4.78, 5) is 15.8. The van der Waals surface area contributed by atoms with Gasteiger partial charge in [0.15, 0.2) is 11.8 Å². The van der Waals surface area contributed by atoms with Gasteiger partial charge in [-0.05, 0) is 37.4 Å². The highest BCUT2D eigenvalue weighted by molar-refractivity contribution is 5.91. The predicted molar refractivity (Wildman–Crippen MR) is 105 cm³/mol. The number of aliphatic hydroxyl groups is 1. The van der Waals surface area contributed by atoms with Crippen LogP contribution < -0.4 is 0 Å². The second-order valence-electron chi connectivity index (χ2n) is 8.48. The van der Waals surface area contributed by atoms with E-state index in [1.165, 1.54) is 18.1 Å². The number of carbonyl (C=O) groups excluding carboxylic acids is 1. The Morgan fingerprint density at radius 2 is 2.18 bits per heavy atom. The average molecular weight is 384 g/mol. The highest BCUT2D eigenvalue weighted by Crippen LogP contribution is 2.56. The minimum atomic E-state index is -1.24. The third kappa shape index (κ3) is 2.06. The van der Waals surface area contributed by atoms with Crippen LogP contribution in [-0.2, 0) is 26.2 Å². The molecule has 1 saturated heterocycles. The molecule has 6 heteroatoms. The topological polar surface area (TPSA) is 63.9 Å². The number of hydrogen-bond acceptors (Lipinski definition) is 5. The van der Waals surface area contributed by atoms with E-state index in [0.717, 1.165) is 37.0 Å². The van der Waals surface area contributed by atoms with Gasteiger partial charge in [0.2, 0.25) is 0 Å². The second-order valence-corrected chi connectivity index (χ2v) is 8.48. The lowest BCUT2D eigenvalue weighted by Crippen LogP contribution is -2.66. The van der Waals surface area contributed by atoms with Gasteiger partial charge in [-0.1, -0.05) is 31.5 Å². The number of rotatable bonds is 2. The van der Waals surface area contributed by atoms with Crippen molar-refractivity contribution in [2.45, 2.75) is 44.1 Å². The summed E-state index contributed by atoms with van der Waals surface area (Å²) >= 11 is 0. The van der Waals surface area contributed by atoms with Crippen molar-refractivity contribution in [3.05, 3.63) is 35.5 Å². The van der Waals surface area contributed by atoms with Gasteiger partial charge < -0.3 is 19.1 Å². The third-order valence-electron chi connectivity index (χ3n) is 7.45. The predicted octanol–water partition coefficient (Wildman–Crippen LogP) is 2.43. The molecule has 0 bridgehead atoms. The first-order valence-electron chi connectivity index (χ1n) is 10.3. The first-order valence-corrected chi connectivity index (χ1v) is 10.3. The molecule has 28 heavy (non-hydrogen) atoms. The van der Waals surface area contributed by atoms with Crippen LogP contribution in [0.3, 0.4) is 0 Å². The summed E-state index contributed by atoms with van der Waals surface area (Å²) in [6.45, 7) is 3.60. The van der Waals surface area contributed by atoms with Crippen molar-refractivity contribution in [2.75, 3.05) is 27.3 Å². The molecule has 2 aromatic rings. The maximum atomic E-state index is 13.4. The van der Waals surface area contributed by atoms with Crippen molar-refractivity contribution in [1.29, 1.82) is 0 Å². The Balaban J connectivity index is 1.90. The van der Waals surface area contributed by atoms with Crippen LogP contribution in [0.2, 0.25) is 0 Å². The van der Waals surface area contributed by atoms with E-state index in [2.05, 4.69) is 35.6 Å². The van der Waals surface area contributed by atoms with Crippen LogP contribution in [0.15, 0.2) is 24.3 Å². The molecule has 0 spiro atoms. The molecule has 1 fully saturated rings. The normalized spacial score (nSPS) is 34.7. The summed E-state index contributed by atoms with van der Waals surface area (Å²) in [7, 11) is 3.57. The molecule has 1 aromatic carbocycles. The molecule has 3 aliphatic rings. The van der Waals surface area contributed by atoms with Gasteiger partial charge in [0.05, 0.1) is 19.8 Å². The minimum Gasteiger partial charge on any atom is -0.467 e. The molecule has 5 atom stereocenters. The third-order valence-corrected chi connectivity index (χ3v) is 7.45. The number of aliphatic hydroxyl groups excluding tert-OH is 1. The highest BCUT2D eigenvalue weighted by atomic mass is 16.6. The smallest absolute Gasteiger partial charge is 0.337 e. The monoisotopic (exact) mass is 384 g/mol. The van der Waals surface area contributed by atoms with Gasteiger partial charge in [0.1, 0.15) is 0 Å². The van der Waals surface area contributed by atoms with Crippen LogP contribution in [0.1, 0.15) is 37.1 Å². The number of aromatic nitrogens is 1. The van der Waals surface area contributed by atoms with Gasteiger partial charge in [-0.3, -0.25) is 4.90 Å². The number of likely N-dealkylation sites (N-methyl/N-ethyl adjacent to an activating group) is 1. The fourth-order valence-corrected chi connectivity index (χ4v) is 6.08. The van der Waals surface area contributed by atoms with E-state index in [9.17, 15) is 9.90 Å². The lowest BCUT2D eigenvalue weighted by Gasteiger charge is -2.55. The summed E-state index contributed by atoms with van der Waals surface area (Å²) in [5.41, 5.74) is 2.19. The van der Waals surface area contributed by atoms with E-state index in [4.69, 9.17) is 9.47 Å². The summed E-state index contributed by atoms with van der Waals surface area (Å²) in [6.07, 6.45) is 1.44. The number of para-hydroxylation sites is 1. The SMILES string of the molecule is CCC1CO[C@@H](O)[C@]2(C(=O)OC)[C@H]1C[C@H]1c3c(c4ccccc4n32)CCN1C. The maximum absolute atomic E-state index is 13.4. The Bertz CT molecular complexity index is 938. The molecule has 6 nitrogen and oxygen atoms in total. The van der Waals surface area contributed by atoms with E-state index >= 15 is 0 Å². The number of carbonyl (C=O) groups is 1. The second kappa shape index (κ2) is 6.31. The molecule has 4 heterocycles. The van der Waals surface area contributed by atoms with Gasteiger partial charge in [-0.25, -0.2) is 4.79 Å². The summed E-state index contributed by atoms with van der Waals surface area (Å²) < 4.78 is 13.3. The lowest BCUT2D eigenvalue weighted by molar-refractivity contribution is -0.249. The first kappa shape index (κ1) is 18.2. The molecule has 3 aliphatic heterocycles. The minimum absolute atomic E-state index is 0.0459. The number of methoxy groups -OCH3 is 1. The van der Waals surface area contributed by atoms with E-state index in [1.54, 1.807) is 0 Å². The van der Waals surface area contributed by atoms with Gasteiger partial charge >= 0.3 is 5.97 Å². The Morgan fingerprint density at radius 3 is 2.93 bits per heavy atom. The lowest BCUT2D eigenvalue weighted by atomic mass is 9.66. The number of esters is 1. The van der Waals surface area contributed by atoms with Crippen LogP contribution in [0.4, 0.5) is 0 Å². The molecule has 1 N–H and O–H groups in total. The zero-order valence-electron chi connectivity index (χ0n) is 16.7. The van der Waals surface area contributed by atoms with E-state index < -0.39 is 17.8 Å². The van der Waals surface area contributed by atoms with Crippen LogP contribution >= 0.6 is 0 Å². The standard InChI is InChI=1S/C22H28N2O4/c1-4-13-12-28-21(26)22(20(25)27-3)16(13)11-18-19-15(9-10-23(18)2)14-7-5-6-8-17(14)24(19)22/h5-8,13,16,18,21,26H,4,9-12H2,1-3H3/t13?,16-,18-,21+,22+/m0/s1. The zero-order chi connectivity index (χ0) is 19.6. The molecule has 0 aliphatic carbocycles. The molecule has 0 saturated carbocycles. The van der Waals surface area contributed by atoms with Gasteiger partial charge in [0.25, 0.3) is 0 Å².